The Balaban J connectivity index is 2.20. The first kappa shape index (κ1) is 13.1. The van der Waals surface area contributed by atoms with Crippen molar-refractivity contribution in [2.75, 3.05) is 5.73 Å². The molecule has 0 aliphatic carbocycles. The van der Waals surface area contributed by atoms with E-state index in [0.717, 1.165) is 5.52 Å². The quantitative estimate of drug-likeness (QED) is 0.773. The predicted molar refractivity (Wildman–Crippen MR) is 81.7 cm³/mol. The summed E-state index contributed by atoms with van der Waals surface area (Å²) in [4.78, 5) is 6.75. The number of fused-ring (bicyclic) bond motifs is 1. The van der Waals surface area contributed by atoms with Gasteiger partial charge in [-0.15, -0.1) is 11.3 Å². The van der Waals surface area contributed by atoms with E-state index in [-0.39, 0.29) is 11.9 Å². The third-order valence-electron chi connectivity index (χ3n) is 3.56. The second-order valence-corrected chi connectivity index (χ2v) is 6.37. The van der Waals surface area contributed by atoms with Crippen molar-refractivity contribution in [3.05, 3.63) is 45.4 Å². The lowest BCUT2D eigenvalue weighted by Crippen LogP contribution is -2.09. The molecular formula is C15H16FN3S. The fourth-order valence-corrected chi connectivity index (χ4v) is 3.37. The molecule has 0 aliphatic heterocycles. The van der Waals surface area contributed by atoms with Gasteiger partial charge in [0, 0.05) is 15.8 Å². The molecule has 0 aliphatic rings. The fraction of sp³-hybridized carbons (Fsp3) is 0.267. The standard InChI is InChI=1S/C15H16FN3S/c1-8-6-13-12(7-11(8)16)18-15(17)19(13)10(3)14-5-4-9(2)20-14/h4-7,10H,1-3H3,(H2,17,18). The molecule has 3 aromatic rings. The van der Waals surface area contributed by atoms with Gasteiger partial charge in [-0.2, -0.15) is 0 Å². The number of rotatable bonds is 2. The van der Waals surface area contributed by atoms with Gasteiger partial charge in [-0.1, -0.05) is 0 Å². The van der Waals surface area contributed by atoms with Crippen LogP contribution in [0, 0.1) is 19.7 Å². The van der Waals surface area contributed by atoms with Gasteiger partial charge >= 0.3 is 0 Å². The van der Waals surface area contributed by atoms with Gasteiger partial charge in [-0.05, 0) is 44.5 Å². The number of thiophene rings is 1. The van der Waals surface area contributed by atoms with Crippen LogP contribution in [-0.4, -0.2) is 9.55 Å². The first-order chi connectivity index (χ1) is 9.47. The van der Waals surface area contributed by atoms with Crippen molar-refractivity contribution in [2.45, 2.75) is 26.8 Å². The minimum absolute atomic E-state index is 0.0866. The van der Waals surface area contributed by atoms with Crippen LogP contribution in [0.5, 0.6) is 0 Å². The highest BCUT2D eigenvalue weighted by Gasteiger charge is 2.18. The molecule has 3 nitrogen and oxygen atoms in total. The van der Waals surface area contributed by atoms with Crippen LogP contribution in [0.3, 0.4) is 0 Å². The number of anilines is 1. The van der Waals surface area contributed by atoms with E-state index in [9.17, 15) is 4.39 Å². The molecule has 0 amide bonds. The number of imidazole rings is 1. The van der Waals surface area contributed by atoms with Gasteiger partial charge in [0.15, 0.2) is 0 Å². The average molecular weight is 289 g/mol. The lowest BCUT2D eigenvalue weighted by molar-refractivity contribution is 0.619. The average Bonchev–Trinajstić information content (AvgIpc) is 2.93. The lowest BCUT2D eigenvalue weighted by Gasteiger charge is -2.14. The molecule has 1 atom stereocenters. The van der Waals surface area contributed by atoms with E-state index in [0.29, 0.717) is 17.0 Å². The molecule has 3 rings (SSSR count). The van der Waals surface area contributed by atoms with Crippen LogP contribution >= 0.6 is 11.3 Å². The van der Waals surface area contributed by atoms with E-state index in [1.165, 1.54) is 15.8 Å². The van der Waals surface area contributed by atoms with Crippen molar-refractivity contribution in [1.29, 1.82) is 0 Å². The van der Waals surface area contributed by atoms with E-state index in [1.807, 2.05) is 10.6 Å². The predicted octanol–water partition coefficient (Wildman–Crippen LogP) is 4.05. The van der Waals surface area contributed by atoms with Gasteiger partial charge in [0.2, 0.25) is 5.95 Å². The number of nitrogens with zero attached hydrogens (tertiary/aromatic N) is 2. The number of nitrogens with two attached hydrogens (primary N) is 1. The highest BCUT2D eigenvalue weighted by molar-refractivity contribution is 7.12. The Morgan fingerprint density at radius 3 is 2.70 bits per heavy atom. The maximum Gasteiger partial charge on any atom is 0.201 e. The van der Waals surface area contributed by atoms with Crippen molar-refractivity contribution in [3.63, 3.8) is 0 Å². The Hall–Kier alpha value is -1.88. The van der Waals surface area contributed by atoms with Gasteiger partial charge in [-0.25, -0.2) is 9.37 Å². The summed E-state index contributed by atoms with van der Waals surface area (Å²) in [6.07, 6.45) is 0. The first-order valence-electron chi connectivity index (χ1n) is 6.47. The van der Waals surface area contributed by atoms with E-state index < -0.39 is 0 Å². The van der Waals surface area contributed by atoms with Crippen LogP contribution in [0.15, 0.2) is 24.3 Å². The molecule has 0 bridgehead atoms. The topological polar surface area (TPSA) is 43.8 Å². The maximum atomic E-state index is 13.6. The molecule has 2 heterocycles. The molecule has 2 aromatic heterocycles. The zero-order chi connectivity index (χ0) is 14.4. The van der Waals surface area contributed by atoms with Gasteiger partial charge in [-0.3, -0.25) is 0 Å². The van der Waals surface area contributed by atoms with Crippen molar-refractivity contribution in [1.82, 2.24) is 9.55 Å². The number of halogens is 1. The van der Waals surface area contributed by atoms with Crippen molar-refractivity contribution < 1.29 is 4.39 Å². The Morgan fingerprint density at radius 1 is 1.30 bits per heavy atom. The van der Waals surface area contributed by atoms with E-state index in [4.69, 9.17) is 5.73 Å². The van der Waals surface area contributed by atoms with Crippen molar-refractivity contribution in [2.24, 2.45) is 0 Å². The Bertz CT molecular complexity index is 788. The number of hydrogen-bond donors (Lipinski definition) is 1. The smallest absolute Gasteiger partial charge is 0.201 e. The summed E-state index contributed by atoms with van der Waals surface area (Å²) in [5, 5.41) is 0. The molecule has 0 radical (unpaired) electrons. The number of benzene rings is 1. The van der Waals surface area contributed by atoms with Crippen molar-refractivity contribution in [3.8, 4) is 0 Å². The van der Waals surface area contributed by atoms with Crippen LogP contribution in [0.2, 0.25) is 0 Å². The van der Waals surface area contributed by atoms with Crippen LogP contribution < -0.4 is 5.73 Å². The molecule has 0 fully saturated rings. The first-order valence-corrected chi connectivity index (χ1v) is 7.29. The highest BCUT2D eigenvalue weighted by atomic mass is 32.1. The molecule has 0 saturated carbocycles. The molecule has 1 aromatic carbocycles. The van der Waals surface area contributed by atoms with Gasteiger partial charge in [0.05, 0.1) is 17.1 Å². The monoisotopic (exact) mass is 289 g/mol. The summed E-state index contributed by atoms with van der Waals surface area (Å²) in [7, 11) is 0. The van der Waals surface area contributed by atoms with Gasteiger partial charge in [0.1, 0.15) is 5.82 Å². The third-order valence-corrected chi connectivity index (χ3v) is 4.73. The second-order valence-electron chi connectivity index (χ2n) is 5.05. The second kappa shape index (κ2) is 4.59. The highest BCUT2D eigenvalue weighted by Crippen LogP contribution is 2.31. The zero-order valence-corrected chi connectivity index (χ0v) is 12.5. The van der Waals surface area contributed by atoms with Crippen LogP contribution in [0.25, 0.3) is 11.0 Å². The number of hydrogen-bond acceptors (Lipinski definition) is 3. The zero-order valence-electron chi connectivity index (χ0n) is 11.6. The number of nitrogen functional groups attached to an aromatic ring is 1. The SMILES string of the molecule is Cc1ccc(C(C)n2c(N)nc3cc(F)c(C)cc32)s1. The number of aryl methyl sites for hydroxylation is 2. The normalized spacial score (nSPS) is 13.0. The van der Waals surface area contributed by atoms with Gasteiger partial charge < -0.3 is 10.3 Å². The lowest BCUT2D eigenvalue weighted by atomic mass is 10.2. The summed E-state index contributed by atoms with van der Waals surface area (Å²) in [5.41, 5.74) is 8.11. The maximum absolute atomic E-state index is 13.6. The minimum Gasteiger partial charge on any atom is -0.369 e. The van der Waals surface area contributed by atoms with E-state index in [2.05, 4.69) is 31.0 Å². The summed E-state index contributed by atoms with van der Waals surface area (Å²) in [5.74, 6) is 0.172. The van der Waals surface area contributed by atoms with E-state index >= 15 is 0 Å². The largest absolute Gasteiger partial charge is 0.369 e. The Morgan fingerprint density at radius 2 is 2.05 bits per heavy atom. The fourth-order valence-electron chi connectivity index (χ4n) is 2.45. The summed E-state index contributed by atoms with van der Waals surface area (Å²) >= 11 is 1.74. The van der Waals surface area contributed by atoms with Gasteiger partial charge in [0.25, 0.3) is 0 Å². The summed E-state index contributed by atoms with van der Waals surface area (Å²) in [6, 6.07) is 7.54. The Kier molecular flexibility index (Phi) is 3.01. The molecule has 2 N–H and O–H groups in total. The molecule has 0 saturated heterocycles. The molecule has 5 heteroatoms. The summed E-state index contributed by atoms with van der Waals surface area (Å²) < 4.78 is 15.6. The Labute approximate surface area is 120 Å². The molecule has 0 spiro atoms. The van der Waals surface area contributed by atoms with Crippen LogP contribution in [-0.2, 0) is 0 Å². The van der Waals surface area contributed by atoms with Crippen molar-refractivity contribution >= 4 is 28.3 Å². The third kappa shape index (κ3) is 1.98. The molecule has 20 heavy (non-hydrogen) atoms. The molecular weight excluding hydrogens is 273 g/mol. The molecule has 104 valence electrons. The minimum atomic E-state index is -0.248. The molecule has 1 unspecified atom stereocenters. The van der Waals surface area contributed by atoms with E-state index in [1.54, 1.807) is 18.3 Å². The number of aromatic nitrogens is 2. The summed E-state index contributed by atoms with van der Waals surface area (Å²) in [6.45, 7) is 5.92. The van der Waals surface area contributed by atoms with Crippen LogP contribution in [0.4, 0.5) is 10.3 Å². The van der Waals surface area contributed by atoms with Crippen LogP contribution in [0.1, 0.15) is 28.3 Å².